The summed E-state index contributed by atoms with van der Waals surface area (Å²) in [5.74, 6) is 1.69. The maximum atomic E-state index is 12.3. The normalized spacial score (nSPS) is 11.5. The summed E-state index contributed by atoms with van der Waals surface area (Å²) in [6.07, 6.45) is -0.622. The van der Waals surface area contributed by atoms with Crippen molar-refractivity contribution in [3.8, 4) is 17.2 Å². The van der Waals surface area contributed by atoms with Crippen molar-refractivity contribution in [1.29, 1.82) is 0 Å². The van der Waals surface area contributed by atoms with Crippen molar-refractivity contribution in [1.82, 2.24) is 0 Å². The summed E-state index contributed by atoms with van der Waals surface area (Å²) in [6.45, 7) is 2.01. The molecule has 6 nitrogen and oxygen atoms in total. The fraction of sp³-hybridized carbons (Fsp3) is 0.316. The molecule has 0 aromatic heterocycles. The Morgan fingerprint density at radius 3 is 2.20 bits per heavy atom. The Bertz CT molecular complexity index is 694. The van der Waals surface area contributed by atoms with Crippen LogP contribution in [0, 0.1) is 0 Å². The number of carbonyl (C=O) groups excluding carboxylic acids is 1. The summed E-state index contributed by atoms with van der Waals surface area (Å²) in [5.41, 5.74) is 1.51. The van der Waals surface area contributed by atoms with Crippen molar-refractivity contribution in [2.24, 2.45) is 0 Å². The van der Waals surface area contributed by atoms with Crippen molar-refractivity contribution in [3.05, 3.63) is 48.0 Å². The average molecular weight is 345 g/mol. The summed E-state index contributed by atoms with van der Waals surface area (Å²) < 4.78 is 21.2. The van der Waals surface area contributed by atoms with E-state index in [0.717, 1.165) is 11.3 Å². The Morgan fingerprint density at radius 2 is 1.60 bits per heavy atom. The van der Waals surface area contributed by atoms with Crippen molar-refractivity contribution in [2.45, 2.75) is 19.6 Å². The van der Waals surface area contributed by atoms with Gasteiger partial charge in [-0.3, -0.25) is 4.79 Å². The van der Waals surface area contributed by atoms with Gasteiger partial charge in [-0.2, -0.15) is 0 Å². The summed E-state index contributed by atoms with van der Waals surface area (Å²) in [4.78, 5) is 12.3. The molecule has 0 fully saturated rings. The molecule has 0 saturated carbocycles. The van der Waals surface area contributed by atoms with Crippen molar-refractivity contribution in [3.63, 3.8) is 0 Å². The lowest BCUT2D eigenvalue weighted by Gasteiger charge is -2.15. The van der Waals surface area contributed by atoms with Gasteiger partial charge in [0.05, 0.1) is 27.9 Å². The van der Waals surface area contributed by atoms with Crippen LogP contribution in [0.3, 0.4) is 0 Å². The number of benzene rings is 2. The monoisotopic (exact) mass is 345 g/mol. The second-order valence-corrected chi connectivity index (χ2v) is 5.40. The maximum absolute atomic E-state index is 12.3. The van der Waals surface area contributed by atoms with Gasteiger partial charge in [-0.1, -0.05) is 12.1 Å². The molecule has 6 heteroatoms. The largest absolute Gasteiger partial charge is 0.497 e. The van der Waals surface area contributed by atoms with Crippen molar-refractivity contribution < 1.29 is 23.7 Å². The second kappa shape index (κ2) is 8.94. The van der Waals surface area contributed by atoms with Crippen LogP contribution < -0.4 is 19.5 Å². The topological polar surface area (TPSA) is 66.0 Å². The molecule has 0 saturated heterocycles. The van der Waals surface area contributed by atoms with E-state index in [1.54, 1.807) is 46.5 Å². The molecule has 0 heterocycles. The second-order valence-electron chi connectivity index (χ2n) is 5.40. The molecule has 0 bridgehead atoms. The molecule has 0 radical (unpaired) electrons. The molecule has 1 unspecified atom stereocenters. The molecule has 0 aliphatic rings. The molecule has 1 N–H and O–H groups in total. The van der Waals surface area contributed by atoms with E-state index in [4.69, 9.17) is 18.9 Å². The van der Waals surface area contributed by atoms with Crippen LogP contribution in [0.2, 0.25) is 0 Å². The Labute approximate surface area is 147 Å². The molecule has 0 spiro atoms. The molecule has 0 aliphatic carbocycles. The molecule has 2 aromatic carbocycles. The number of methoxy groups -OCH3 is 3. The molecule has 134 valence electrons. The van der Waals surface area contributed by atoms with E-state index in [9.17, 15) is 4.79 Å². The van der Waals surface area contributed by atoms with Gasteiger partial charge in [-0.25, -0.2) is 0 Å². The third kappa shape index (κ3) is 5.39. The minimum absolute atomic E-state index is 0.252. The summed E-state index contributed by atoms with van der Waals surface area (Å²) in [7, 11) is 4.72. The summed E-state index contributed by atoms with van der Waals surface area (Å²) in [5, 5.41) is 2.80. The summed E-state index contributed by atoms with van der Waals surface area (Å²) >= 11 is 0. The molecule has 25 heavy (non-hydrogen) atoms. The highest BCUT2D eigenvalue weighted by molar-refractivity contribution is 5.94. The van der Waals surface area contributed by atoms with Gasteiger partial charge in [0.25, 0.3) is 5.91 Å². The lowest BCUT2D eigenvalue weighted by molar-refractivity contribution is -0.127. The zero-order chi connectivity index (χ0) is 18.2. The van der Waals surface area contributed by atoms with Crippen molar-refractivity contribution in [2.75, 3.05) is 26.6 Å². The molecule has 1 amide bonds. The lowest BCUT2D eigenvalue weighted by Crippen LogP contribution is -2.27. The van der Waals surface area contributed by atoms with E-state index in [1.807, 2.05) is 24.3 Å². The molecule has 1 atom stereocenters. The van der Waals surface area contributed by atoms with E-state index < -0.39 is 6.10 Å². The van der Waals surface area contributed by atoms with Crippen LogP contribution in [0.5, 0.6) is 17.2 Å². The maximum Gasteiger partial charge on any atom is 0.253 e. The van der Waals surface area contributed by atoms with Gasteiger partial charge in [-0.15, -0.1) is 0 Å². The van der Waals surface area contributed by atoms with Crippen LogP contribution in [-0.2, 0) is 16.1 Å². The zero-order valence-electron chi connectivity index (χ0n) is 14.9. The Morgan fingerprint density at radius 1 is 0.960 bits per heavy atom. The van der Waals surface area contributed by atoms with E-state index >= 15 is 0 Å². The fourth-order valence-corrected chi connectivity index (χ4v) is 2.18. The third-order valence-electron chi connectivity index (χ3n) is 3.62. The van der Waals surface area contributed by atoms with Gasteiger partial charge in [0.1, 0.15) is 23.4 Å². The van der Waals surface area contributed by atoms with Gasteiger partial charge < -0.3 is 24.3 Å². The number of hydrogen-bond donors (Lipinski definition) is 1. The van der Waals surface area contributed by atoms with E-state index in [2.05, 4.69) is 5.32 Å². The molecular formula is C19H23NO5. The summed E-state index contributed by atoms with van der Waals surface area (Å²) in [6, 6.07) is 12.7. The Hall–Kier alpha value is -2.73. The molecule has 2 rings (SSSR count). The SMILES string of the molecule is COc1cccc(COC(C)C(=O)Nc2cc(OC)cc(OC)c2)c1. The third-order valence-corrected chi connectivity index (χ3v) is 3.62. The predicted molar refractivity (Wildman–Crippen MR) is 95.4 cm³/mol. The minimum atomic E-state index is -0.622. The first-order chi connectivity index (χ1) is 12.0. The van der Waals surface area contributed by atoms with Crippen LogP contribution in [0.25, 0.3) is 0 Å². The Balaban J connectivity index is 1.95. The predicted octanol–water partition coefficient (Wildman–Crippen LogP) is 3.26. The van der Waals surface area contributed by atoms with Gasteiger partial charge in [-0.05, 0) is 24.6 Å². The van der Waals surface area contributed by atoms with E-state index in [-0.39, 0.29) is 5.91 Å². The molecule has 0 aliphatic heterocycles. The highest BCUT2D eigenvalue weighted by atomic mass is 16.5. The van der Waals surface area contributed by atoms with Gasteiger partial charge in [0.15, 0.2) is 0 Å². The molecular weight excluding hydrogens is 322 g/mol. The molecule has 2 aromatic rings. The smallest absolute Gasteiger partial charge is 0.253 e. The van der Waals surface area contributed by atoms with Crippen LogP contribution in [0.4, 0.5) is 5.69 Å². The quantitative estimate of drug-likeness (QED) is 0.795. The highest BCUT2D eigenvalue weighted by Gasteiger charge is 2.15. The highest BCUT2D eigenvalue weighted by Crippen LogP contribution is 2.26. The van der Waals surface area contributed by atoms with E-state index in [0.29, 0.717) is 23.8 Å². The van der Waals surface area contributed by atoms with E-state index in [1.165, 1.54) is 0 Å². The fourth-order valence-electron chi connectivity index (χ4n) is 2.18. The van der Waals surface area contributed by atoms with Crippen LogP contribution >= 0.6 is 0 Å². The van der Waals surface area contributed by atoms with Gasteiger partial charge >= 0.3 is 0 Å². The van der Waals surface area contributed by atoms with Crippen LogP contribution in [-0.4, -0.2) is 33.3 Å². The number of carbonyl (C=O) groups is 1. The first kappa shape index (κ1) is 18.6. The van der Waals surface area contributed by atoms with Gasteiger partial charge in [0.2, 0.25) is 0 Å². The number of rotatable bonds is 8. The number of anilines is 1. The standard InChI is InChI=1S/C19H23NO5/c1-13(25-12-14-6-5-7-16(8-14)22-2)19(21)20-15-9-17(23-3)11-18(10-15)24-4/h5-11,13H,12H2,1-4H3,(H,20,21). The van der Waals surface area contributed by atoms with Crippen molar-refractivity contribution >= 4 is 11.6 Å². The van der Waals surface area contributed by atoms with Gasteiger partial charge in [0, 0.05) is 23.9 Å². The van der Waals surface area contributed by atoms with Crippen LogP contribution in [0.1, 0.15) is 12.5 Å². The number of ether oxygens (including phenoxy) is 4. The number of nitrogens with one attached hydrogen (secondary N) is 1. The van der Waals surface area contributed by atoms with Crippen LogP contribution in [0.15, 0.2) is 42.5 Å². The number of amides is 1. The lowest BCUT2D eigenvalue weighted by atomic mass is 10.2. The Kier molecular flexibility index (Phi) is 6.65. The minimum Gasteiger partial charge on any atom is -0.497 e. The average Bonchev–Trinajstić information content (AvgIpc) is 2.65. The zero-order valence-corrected chi connectivity index (χ0v) is 14.9. The number of hydrogen-bond acceptors (Lipinski definition) is 5. The first-order valence-electron chi connectivity index (χ1n) is 7.84. The first-order valence-corrected chi connectivity index (χ1v) is 7.84.